The fourth-order valence-corrected chi connectivity index (χ4v) is 2.76. The second-order valence-corrected chi connectivity index (χ2v) is 5.68. The van der Waals surface area contributed by atoms with Crippen molar-refractivity contribution in [1.29, 1.82) is 0 Å². The minimum absolute atomic E-state index is 0.455. The highest BCUT2D eigenvalue weighted by molar-refractivity contribution is 9.10. The quantitative estimate of drug-likeness (QED) is 0.917. The average Bonchev–Trinajstić information content (AvgIpc) is 2.41. The van der Waals surface area contributed by atoms with E-state index >= 15 is 0 Å². The Balaban J connectivity index is 2.68. The number of anilines is 2. The Morgan fingerprint density at radius 1 is 1.37 bits per heavy atom. The van der Waals surface area contributed by atoms with Crippen LogP contribution in [0.25, 0.3) is 10.9 Å². The van der Waals surface area contributed by atoms with E-state index in [9.17, 15) is 0 Å². The van der Waals surface area contributed by atoms with E-state index in [1.807, 2.05) is 12.1 Å². The molecule has 2 rings (SSSR count). The van der Waals surface area contributed by atoms with E-state index in [0.717, 1.165) is 39.7 Å². The summed E-state index contributed by atoms with van der Waals surface area (Å²) in [6.45, 7) is 7.52. The van der Waals surface area contributed by atoms with Gasteiger partial charge in [-0.05, 0) is 38.5 Å². The van der Waals surface area contributed by atoms with Gasteiger partial charge in [-0.3, -0.25) is 4.98 Å². The zero-order chi connectivity index (χ0) is 14.0. The Kier molecular flexibility index (Phi) is 4.30. The van der Waals surface area contributed by atoms with Crippen molar-refractivity contribution in [2.24, 2.45) is 0 Å². The number of halogens is 1. The summed E-state index contributed by atoms with van der Waals surface area (Å²) in [6, 6.07) is 6.58. The SMILES string of the molecule is CCC(C)N(CC)c1c(N)cnc2ccc(Br)cc12. The molecule has 0 radical (unpaired) electrons. The van der Waals surface area contributed by atoms with E-state index < -0.39 is 0 Å². The van der Waals surface area contributed by atoms with Gasteiger partial charge in [0.1, 0.15) is 0 Å². The largest absolute Gasteiger partial charge is 0.396 e. The lowest BCUT2D eigenvalue weighted by Gasteiger charge is -2.31. The molecule has 0 spiro atoms. The second-order valence-electron chi connectivity index (χ2n) is 4.77. The zero-order valence-electron chi connectivity index (χ0n) is 11.7. The van der Waals surface area contributed by atoms with Gasteiger partial charge in [-0.25, -0.2) is 0 Å². The summed E-state index contributed by atoms with van der Waals surface area (Å²) in [4.78, 5) is 6.76. The number of hydrogen-bond acceptors (Lipinski definition) is 3. The van der Waals surface area contributed by atoms with Crippen LogP contribution in [0.3, 0.4) is 0 Å². The molecule has 0 saturated carbocycles. The predicted molar refractivity (Wildman–Crippen MR) is 86.6 cm³/mol. The van der Waals surface area contributed by atoms with Crippen LogP contribution in [0.1, 0.15) is 27.2 Å². The number of aromatic nitrogens is 1. The van der Waals surface area contributed by atoms with Gasteiger partial charge in [-0.2, -0.15) is 0 Å². The van der Waals surface area contributed by atoms with Crippen LogP contribution in [0.5, 0.6) is 0 Å². The minimum Gasteiger partial charge on any atom is -0.396 e. The first-order valence-corrected chi connectivity index (χ1v) is 7.48. The first-order valence-electron chi connectivity index (χ1n) is 6.68. The third-order valence-electron chi connectivity index (χ3n) is 3.58. The van der Waals surface area contributed by atoms with Gasteiger partial charge < -0.3 is 10.6 Å². The summed E-state index contributed by atoms with van der Waals surface area (Å²) >= 11 is 3.53. The van der Waals surface area contributed by atoms with E-state index in [-0.39, 0.29) is 0 Å². The molecule has 0 amide bonds. The fraction of sp³-hybridized carbons (Fsp3) is 0.400. The maximum absolute atomic E-state index is 6.19. The first kappa shape index (κ1) is 14.1. The van der Waals surface area contributed by atoms with Crippen LogP contribution in [0.15, 0.2) is 28.9 Å². The van der Waals surface area contributed by atoms with Crippen LogP contribution in [-0.4, -0.2) is 17.6 Å². The zero-order valence-corrected chi connectivity index (χ0v) is 13.2. The summed E-state index contributed by atoms with van der Waals surface area (Å²) in [7, 11) is 0. The van der Waals surface area contributed by atoms with E-state index in [4.69, 9.17) is 5.73 Å². The van der Waals surface area contributed by atoms with E-state index in [1.54, 1.807) is 6.20 Å². The standard InChI is InChI=1S/C15H20BrN3/c1-4-10(3)19(5-2)15-12-8-11(16)6-7-14(12)18-9-13(15)17/h6-10H,4-5,17H2,1-3H3. The van der Waals surface area contributed by atoms with Crippen LogP contribution >= 0.6 is 15.9 Å². The lowest BCUT2D eigenvalue weighted by atomic mass is 10.1. The lowest BCUT2D eigenvalue weighted by Crippen LogP contribution is -2.33. The number of hydrogen-bond donors (Lipinski definition) is 1. The van der Waals surface area contributed by atoms with Crippen molar-refractivity contribution >= 4 is 38.2 Å². The number of rotatable bonds is 4. The fourth-order valence-electron chi connectivity index (χ4n) is 2.40. The molecular formula is C15H20BrN3. The Labute approximate surface area is 122 Å². The van der Waals surface area contributed by atoms with Crippen LogP contribution < -0.4 is 10.6 Å². The van der Waals surface area contributed by atoms with Crippen molar-refractivity contribution in [3.8, 4) is 0 Å². The van der Waals surface area contributed by atoms with Gasteiger partial charge in [0.25, 0.3) is 0 Å². The molecule has 0 aliphatic rings. The van der Waals surface area contributed by atoms with E-state index in [1.165, 1.54) is 0 Å². The van der Waals surface area contributed by atoms with Crippen molar-refractivity contribution < 1.29 is 0 Å². The summed E-state index contributed by atoms with van der Waals surface area (Å²) in [6.07, 6.45) is 2.85. The average molecular weight is 322 g/mol. The highest BCUT2D eigenvalue weighted by atomic mass is 79.9. The highest BCUT2D eigenvalue weighted by Gasteiger charge is 2.17. The van der Waals surface area contributed by atoms with Crippen LogP contribution in [0.4, 0.5) is 11.4 Å². The van der Waals surface area contributed by atoms with E-state index in [0.29, 0.717) is 6.04 Å². The van der Waals surface area contributed by atoms with Gasteiger partial charge in [0.15, 0.2) is 0 Å². The lowest BCUT2D eigenvalue weighted by molar-refractivity contribution is 0.632. The molecule has 1 atom stereocenters. The summed E-state index contributed by atoms with van der Waals surface area (Å²) in [5.74, 6) is 0. The second kappa shape index (κ2) is 5.78. The number of benzene rings is 1. The van der Waals surface area contributed by atoms with Gasteiger partial charge in [0, 0.05) is 22.4 Å². The molecule has 4 heteroatoms. The third kappa shape index (κ3) is 2.68. The molecule has 0 aliphatic carbocycles. The molecule has 1 aromatic heterocycles. The smallest absolute Gasteiger partial charge is 0.0745 e. The maximum Gasteiger partial charge on any atom is 0.0745 e. The van der Waals surface area contributed by atoms with Gasteiger partial charge in [0.05, 0.1) is 23.1 Å². The molecule has 0 aliphatic heterocycles. The molecule has 19 heavy (non-hydrogen) atoms. The van der Waals surface area contributed by atoms with Crippen molar-refractivity contribution in [1.82, 2.24) is 4.98 Å². The molecule has 1 heterocycles. The Bertz CT molecular complexity index is 578. The number of fused-ring (bicyclic) bond motifs is 1. The van der Waals surface area contributed by atoms with Crippen LogP contribution in [0, 0.1) is 0 Å². The number of nitrogens with zero attached hydrogens (tertiary/aromatic N) is 2. The Morgan fingerprint density at radius 2 is 2.11 bits per heavy atom. The van der Waals surface area contributed by atoms with Crippen molar-refractivity contribution in [3.05, 3.63) is 28.9 Å². The van der Waals surface area contributed by atoms with Crippen molar-refractivity contribution in [2.45, 2.75) is 33.2 Å². The minimum atomic E-state index is 0.455. The number of nitrogens with two attached hydrogens (primary N) is 1. The van der Waals surface area contributed by atoms with Gasteiger partial charge in [0.2, 0.25) is 0 Å². The summed E-state index contributed by atoms with van der Waals surface area (Å²) < 4.78 is 1.05. The first-order chi connectivity index (χ1) is 9.08. The predicted octanol–water partition coefficient (Wildman–Crippen LogP) is 4.20. The summed E-state index contributed by atoms with van der Waals surface area (Å²) in [5.41, 5.74) is 9.01. The van der Waals surface area contributed by atoms with Crippen LogP contribution in [-0.2, 0) is 0 Å². The maximum atomic E-state index is 6.19. The molecule has 102 valence electrons. The van der Waals surface area contributed by atoms with Gasteiger partial charge in [-0.1, -0.05) is 22.9 Å². The normalized spacial score (nSPS) is 12.6. The van der Waals surface area contributed by atoms with Crippen molar-refractivity contribution in [3.63, 3.8) is 0 Å². The molecule has 2 aromatic rings. The Hall–Kier alpha value is -1.29. The van der Waals surface area contributed by atoms with Crippen LogP contribution in [0.2, 0.25) is 0 Å². The molecule has 1 unspecified atom stereocenters. The third-order valence-corrected chi connectivity index (χ3v) is 4.07. The van der Waals surface area contributed by atoms with Gasteiger partial charge in [-0.15, -0.1) is 0 Å². The monoisotopic (exact) mass is 321 g/mol. The van der Waals surface area contributed by atoms with Crippen molar-refractivity contribution in [2.75, 3.05) is 17.2 Å². The molecular weight excluding hydrogens is 302 g/mol. The summed E-state index contributed by atoms with van der Waals surface area (Å²) in [5, 5.41) is 1.11. The molecule has 3 nitrogen and oxygen atoms in total. The molecule has 0 fully saturated rings. The topological polar surface area (TPSA) is 42.1 Å². The highest BCUT2D eigenvalue weighted by Crippen LogP contribution is 2.34. The molecule has 1 aromatic carbocycles. The number of nitrogen functional groups attached to an aromatic ring is 1. The van der Waals surface area contributed by atoms with E-state index in [2.05, 4.69) is 52.7 Å². The molecule has 2 N–H and O–H groups in total. The number of pyridine rings is 1. The Morgan fingerprint density at radius 3 is 2.74 bits per heavy atom. The molecule has 0 saturated heterocycles. The van der Waals surface area contributed by atoms with Gasteiger partial charge >= 0.3 is 0 Å². The molecule has 0 bridgehead atoms.